The summed E-state index contributed by atoms with van der Waals surface area (Å²) in [5.74, 6) is -0.141. The molecule has 0 heterocycles. The molecule has 25 heavy (non-hydrogen) atoms. The van der Waals surface area contributed by atoms with E-state index in [2.05, 4.69) is 21.2 Å². The molecule has 1 unspecified atom stereocenters. The van der Waals surface area contributed by atoms with Gasteiger partial charge < -0.3 is 10.1 Å². The summed E-state index contributed by atoms with van der Waals surface area (Å²) in [6.07, 6.45) is -3.83. The van der Waals surface area contributed by atoms with Crippen LogP contribution in [0.25, 0.3) is 0 Å². The SMILES string of the molecule is CCC(COc1cccc(C(F)(F)F)c1)NC(=O)c1ccc(Br)cc1. The average molecular weight is 416 g/mol. The van der Waals surface area contributed by atoms with E-state index in [-0.39, 0.29) is 24.3 Å². The van der Waals surface area contributed by atoms with Crippen molar-refractivity contribution in [1.82, 2.24) is 5.32 Å². The topological polar surface area (TPSA) is 38.3 Å². The summed E-state index contributed by atoms with van der Waals surface area (Å²) in [6.45, 7) is 1.95. The highest BCUT2D eigenvalue weighted by Crippen LogP contribution is 2.31. The van der Waals surface area contributed by atoms with Gasteiger partial charge in [0, 0.05) is 10.0 Å². The van der Waals surface area contributed by atoms with Gasteiger partial charge in [-0.3, -0.25) is 4.79 Å². The fourth-order valence-electron chi connectivity index (χ4n) is 2.09. The van der Waals surface area contributed by atoms with Crippen LogP contribution in [0.4, 0.5) is 13.2 Å². The first-order chi connectivity index (χ1) is 11.8. The summed E-state index contributed by atoms with van der Waals surface area (Å²) in [4.78, 5) is 12.2. The Balaban J connectivity index is 1.96. The Kier molecular flexibility index (Phi) is 6.47. The van der Waals surface area contributed by atoms with Crippen molar-refractivity contribution < 1.29 is 22.7 Å². The first kappa shape index (κ1) is 19.3. The minimum Gasteiger partial charge on any atom is -0.491 e. The molecule has 0 saturated carbocycles. The third-order valence-electron chi connectivity index (χ3n) is 3.55. The third kappa shape index (κ3) is 5.77. The molecule has 0 fully saturated rings. The van der Waals surface area contributed by atoms with Crippen molar-refractivity contribution in [3.05, 3.63) is 64.1 Å². The number of amides is 1. The van der Waals surface area contributed by atoms with Crippen molar-refractivity contribution in [2.45, 2.75) is 25.6 Å². The molecule has 0 bridgehead atoms. The number of hydrogen-bond donors (Lipinski definition) is 1. The van der Waals surface area contributed by atoms with Crippen molar-refractivity contribution in [2.24, 2.45) is 0 Å². The van der Waals surface area contributed by atoms with Gasteiger partial charge in [-0.05, 0) is 48.9 Å². The first-order valence-corrected chi connectivity index (χ1v) is 8.45. The molecular weight excluding hydrogens is 399 g/mol. The van der Waals surface area contributed by atoms with E-state index in [1.807, 2.05) is 6.92 Å². The Morgan fingerprint density at radius 1 is 1.20 bits per heavy atom. The van der Waals surface area contributed by atoms with Gasteiger partial charge in [-0.25, -0.2) is 0 Å². The predicted octanol–water partition coefficient (Wildman–Crippen LogP) is 5.06. The van der Waals surface area contributed by atoms with Gasteiger partial charge in [0.05, 0.1) is 11.6 Å². The Labute approximate surface area is 152 Å². The van der Waals surface area contributed by atoms with Gasteiger partial charge in [-0.2, -0.15) is 13.2 Å². The molecule has 0 spiro atoms. The van der Waals surface area contributed by atoms with Crippen LogP contribution in [0, 0.1) is 0 Å². The summed E-state index contributed by atoms with van der Waals surface area (Å²) in [5.41, 5.74) is -0.266. The second-order valence-electron chi connectivity index (χ2n) is 5.42. The summed E-state index contributed by atoms with van der Waals surface area (Å²) >= 11 is 3.30. The number of carbonyl (C=O) groups excluding carboxylic acids is 1. The molecule has 0 radical (unpaired) electrons. The summed E-state index contributed by atoms with van der Waals surface area (Å²) in [5, 5.41) is 2.82. The maximum Gasteiger partial charge on any atom is 0.416 e. The van der Waals surface area contributed by atoms with Crippen molar-refractivity contribution >= 4 is 21.8 Å². The van der Waals surface area contributed by atoms with Crippen LogP contribution in [0.5, 0.6) is 5.75 Å². The lowest BCUT2D eigenvalue weighted by molar-refractivity contribution is -0.137. The maximum atomic E-state index is 12.7. The zero-order valence-corrected chi connectivity index (χ0v) is 15.0. The van der Waals surface area contributed by atoms with Crippen LogP contribution >= 0.6 is 15.9 Å². The summed E-state index contributed by atoms with van der Waals surface area (Å²) < 4.78 is 44.4. The highest BCUT2D eigenvalue weighted by atomic mass is 79.9. The van der Waals surface area contributed by atoms with E-state index in [9.17, 15) is 18.0 Å². The fourth-order valence-corrected chi connectivity index (χ4v) is 2.35. The van der Waals surface area contributed by atoms with E-state index in [4.69, 9.17) is 4.74 Å². The smallest absolute Gasteiger partial charge is 0.416 e. The van der Waals surface area contributed by atoms with Crippen molar-refractivity contribution in [3.8, 4) is 5.75 Å². The summed E-state index contributed by atoms with van der Waals surface area (Å²) in [7, 11) is 0. The number of carbonyl (C=O) groups is 1. The van der Waals surface area contributed by atoms with Gasteiger partial charge in [0.1, 0.15) is 12.4 Å². The molecule has 0 aromatic heterocycles. The Morgan fingerprint density at radius 2 is 1.88 bits per heavy atom. The average Bonchev–Trinajstić information content (AvgIpc) is 2.58. The number of rotatable bonds is 6. The number of benzene rings is 2. The van der Waals surface area contributed by atoms with E-state index in [0.29, 0.717) is 12.0 Å². The number of alkyl halides is 3. The van der Waals surface area contributed by atoms with Gasteiger partial charge in [-0.1, -0.05) is 28.9 Å². The molecule has 1 atom stereocenters. The molecule has 0 aliphatic carbocycles. The van der Waals surface area contributed by atoms with E-state index in [1.165, 1.54) is 12.1 Å². The Hall–Kier alpha value is -2.02. The zero-order valence-electron chi connectivity index (χ0n) is 13.4. The van der Waals surface area contributed by atoms with Crippen molar-refractivity contribution in [1.29, 1.82) is 0 Å². The van der Waals surface area contributed by atoms with E-state index >= 15 is 0 Å². The van der Waals surface area contributed by atoms with Crippen molar-refractivity contribution in [3.63, 3.8) is 0 Å². The van der Waals surface area contributed by atoms with Crippen LogP contribution < -0.4 is 10.1 Å². The lowest BCUT2D eigenvalue weighted by Crippen LogP contribution is -2.38. The Bertz CT molecular complexity index is 717. The number of ether oxygens (including phenoxy) is 1. The fraction of sp³-hybridized carbons (Fsp3) is 0.278. The molecule has 0 aliphatic rings. The number of nitrogens with one attached hydrogen (secondary N) is 1. The van der Waals surface area contributed by atoms with Gasteiger partial charge in [0.25, 0.3) is 5.91 Å². The van der Waals surface area contributed by atoms with Crippen LogP contribution in [0.1, 0.15) is 29.3 Å². The maximum absolute atomic E-state index is 12.7. The first-order valence-electron chi connectivity index (χ1n) is 7.66. The lowest BCUT2D eigenvalue weighted by atomic mass is 10.1. The Morgan fingerprint density at radius 3 is 2.48 bits per heavy atom. The van der Waals surface area contributed by atoms with Gasteiger partial charge in [0.15, 0.2) is 0 Å². The number of halogens is 4. The second-order valence-corrected chi connectivity index (χ2v) is 6.34. The monoisotopic (exact) mass is 415 g/mol. The van der Waals surface area contributed by atoms with Crippen LogP contribution in [0.15, 0.2) is 53.0 Å². The molecule has 1 N–H and O–H groups in total. The zero-order chi connectivity index (χ0) is 18.4. The number of hydrogen-bond acceptors (Lipinski definition) is 2. The molecule has 7 heteroatoms. The molecule has 1 amide bonds. The quantitative estimate of drug-likeness (QED) is 0.716. The van der Waals surface area contributed by atoms with Gasteiger partial charge in [0.2, 0.25) is 0 Å². The molecular formula is C18H17BrF3NO2. The highest BCUT2D eigenvalue weighted by molar-refractivity contribution is 9.10. The summed E-state index contributed by atoms with van der Waals surface area (Å²) in [6, 6.07) is 11.2. The highest BCUT2D eigenvalue weighted by Gasteiger charge is 2.30. The minimum absolute atomic E-state index is 0.0834. The van der Waals surface area contributed by atoms with E-state index < -0.39 is 11.7 Å². The molecule has 134 valence electrons. The third-order valence-corrected chi connectivity index (χ3v) is 4.08. The molecule has 0 aliphatic heterocycles. The van der Waals surface area contributed by atoms with Crippen LogP contribution in [0.3, 0.4) is 0 Å². The molecule has 2 rings (SSSR count). The molecule has 2 aromatic carbocycles. The van der Waals surface area contributed by atoms with Gasteiger partial charge >= 0.3 is 6.18 Å². The van der Waals surface area contributed by atoms with Crippen molar-refractivity contribution in [2.75, 3.05) is 6.61 Å². The predicted molar refractivity (Wildman–Crippen MR) is 92.6 cm³/mol. The van der Waals surface area contributed by atoms with Gasteiger partial charge in [-0.15, -0.1) is 0 Å². The normalized spacial score (nSPS) is 12.5. The van der Waals surface area contributed by atoms with E-state index in [0.717, 1.165) is 16.6 Å². The second kappa shape index (κ2) is 8.38. The molecule has 3 nitrogen and oxygen atoms in total. The standard InChI is InChI=1S/C18H17BrF3NO2/c1-2-15(23-17(24)12-6-8-14(19)9-7-12)11-25-16-5-3-4-13(10-16)18(20,21)22/h3-10,15H,2,11H2,1H3,(H,23,24). The van der Waals surface area contributed by atoms with Crippen LogP contribution in [0.2, 0.25) is 0 Å². The van der Waals surface area contributed by atoms with Crippen LogP contribution in [-0.4, -0.2) is 18.6 Å². The van der Waals surface area contributed by atoms with Crippen LogP contribution in [-0.2, 0) is 6.18 Å². The van der Waals surface area contributed by atoms with E-state index in [1.54, 1.807) is 24.3 Å². The lowest BCUT2D eigenvalue weighted by Gasteiger charge is -2.18. The minimum atomic E-state index is -4.42. The largest absolute Gasteiger partial charge is 0.491 e. The molecule has 0 saturated heterocycles. The molecule has 2 aromatic rings.